The quantitative estimate of drug-likeness (QED) is 0.783. The molecule has 1 aliphatic carbocycles. The molecule has 1 aromatic rings. The monoisotopic (exact) mass is 361 g/mol. The smallest absolute Gasteiger partial charge is 0.286 e. The van der Waals surface area contributed by atoms with Crippen LogP contribution < -0.4 is 10.6 Å². The van der Waals surface area contributed by atoms with Crippen LogP contribution in [0.5, 0.6) is 0 Å². The van der Waals surface area contributed by atoms with Gasteiger partial charge in [0.1, 0.15) is 0 Å². The van der Waals surface area contributed by atoms with E-state index < -0.39 is 0 Å². The van der Waals surface area contributed by atoms with Gasteiger partial charge in [-0.15, -0.1) is 0 Å². The fraction of sp³-hybridized carbons (Fsp3) is 0.700. The summed E-state index contributed by atoms with van der Waals surface area (Å²) in [7, 11) is 0. The first-order chi connectivity index (χ1) is 12.7. The fourth-order valence-electron chi connectivity index (χ4n) is 4.32. The molecule has 2 N–H and O–H groups in total. The number of likely N-dealkylation sites (tertiary alicyclic amines) is 1. The van der Waals surface area contributed by atoms with Crippen LogP contribution in [0, 0.1) is 0 Å². The third-order valence-corrected chi connectivity index (χ3v) is 5.81. The van der Waals surface area contributed by atoms with Gasteiger partial charge in [0.25, 0.3) is 5.91 Å². The highest BCUT2D eigenvalue weighted by molar-refractivity contribution is 5.91. The van der Waals surface area contributed by atoms with E-state index in [0.717, 1.165) is 19.6 Å². The van der Waals surface area contributed by atoms with Gasteiger partial charge in [0.2, 0.25) is 5.91 Å². The number of hydrogen-bond acceptors (Lipinski definition) is 4. The predicted octanol–water partition coefficient (Wildman–Crippen LogP) is 2.70. The highest BCUT2D eigenvalue weighted by atomic mass is 16.3. The summed E-state index contributed by atoms with van der Waals surface area (Å²) in [6.45, 7) is 3.38. The molecular formula is C20H31N3O3. The number of nitrogens with one attached hydrogen (secondary N) is 2. The van der Waals surface area contributed by atoms with Gasteiger partial charge in [0, 0.05) is 25.0 Å². The van der Waals surface area contributed by atoms with Gasteiger partial charge in [-0.25, -0.2) is 0 Å². The van der Waals surface area contributed by atoms with Crippen LogP contribution in [0.1, 0.15) is 68.3 Å². The van der Waals surface area contributed by atoms with Crippen LogP contribution in [0.4, 0.5) is 0 Å². The first kappa shape index (κ1) is 19.0. The Kier molecular flexibility index (Phi) is 6.72. The molecular weight excluding hydrogens is 330 g/mol. The Morgan fingerprint density at radius 3 is 2.46 bits per heavy atom. The number of carbonyl (C=O) groups is 2. The minimum atomic E-state index is -0.278. The summed E-state index contributed by atoms with van der Waals surface area (Å²) in [5.74, 6) is 0.00300. The highest BCUT2D eigenvalue weighted by Crippen LogP contribution is 2.35. The van der Waals surface area contributed by atoms with Gasteiger partial charge in [0.15, 0.2) is 5.76 Å². The van der Waals surface area contributed by atoms with E-state index >= 15 is 0 Å². The van der Waals surface area contributed by atoms with Crippen LogP contribution >= 0.6 is 0 Å². The fourth-order valence-corrected chi connectivity index (χ4v) is 4.32. The number of amides is 2. The Labute approximate surface area is 155 Å². The zero-order valence-corrected chi connectivity index (χ0v) is 15.6. The van der Waals surface area contributed by atoms with E-state index in [1.165, 1.54) is 57.6 Å². The molecule has 1 aliphatic heterocycles. The molecule has 0 atom stereocenters. The van der Waals surface area contributed by atoms with Gasteiger partial charge in [-0.3, -0.25) is 14.5 Å². The summed E-state index contributed by atoms with van der Waals surface area (Å²) in [6.07, 6.45) is 11.8. The highest BCUT2D eigenvalue weighted by Gasteiger charge is 2.38. The van der Waals surface area contributed by atoms with Crippen molar-refractivity contribution in [3.63, 3.8) is 0 Å². The molecule has 2 amide bonds. The maximum atomic E-state index is 12.3. The van der Waals surface area contributed by atoms with Crippen molar-refractivity contribution >= 4 is 11.8 Å². The van der Waals surface area contributed by atoms with Crippen molar-refractivity contribution in [1.29, 1.82) is 0 Å². The van der Waals surface area contributed by atoms with Gasteiger partial charge in [-0.1, -0.05) is 25.7 Å². The molecule has 0 aromatic carbocycles. The van der Waals surface area contributed by atoms with Gasteiger partial charge in [-0.05, 0) is 50.9 Å². The summed E-state index contributed by atoms with van der Waals surface area (Å²) in [6, 6.07) is 3.28. The van der Waals surface area contributed by atoms with Gasteiger partial charge >= 0.3 is 0 Å². The molecule has 6 nitrogen and oxygen atoms in total. The number of nitrogens with zero attached hydrogens (tertiary/aromatic N) is 1. The third kappa shape index (κ3) is 4.87. The summed E-state index contributed by atoms with van der Waals surface area (Å²) >= 11 is 0. The summed E-state index contributed by atoms with van der Waals surface area (Å²) in [5.41, 5.74) is 0.145. The zero-order chi connectivity index (χ0) is 18.2. The maximum absolute atomic E-state index is 12.3. The van der Waals surface area contributed by atoms with Crippen molar-refractivity contribution in [2.45, 2.75) is 63.3 Å². The Morgan fingerprint density at radius 1 is 1.04 bits per heavy atom. The van der Waals surface area contributed by atoms with Crippen LogP contribution in [0.2, 0.25) is 0 Å². The number of hydrogen-bond donors (Lipinski definition) is 2. The lowest BCUT2D eigenvalue weighted by molar-refractivity contribution is -0.122. The Morgan fingerprint density at radius 2 is 1.77 bits per heavy atom. The van der Waals surface area contributed by atoms with Crippen molar-refractivity contribution in [2.24, 2.45) is 0 Å². The third-order valence-electron chi connectivity index (χ3n) is 5.81. The summed E-state index contributed by atoms with van der Waals surface area (Å²) in [4.78, 5) is 26.7. The lowest BCUT2D eigenvalue weighted by Gasteiger charge is -2.48. The lowest BCUT2D eigenvalue weighted by atomic mass is 9.79. The average Bonchev–Trinajstić information content (AvgIpc) is 3.23. The average molecular weight is 361 g/mol. The van der Waals surface area contributed by atoms with E-state index in [1.807, 2.05) is 0 Å². The Bertz CT molecular complexity index is 573. The molecule has 2 heterocycles. The zero-order valence-electron chi connectivity index (χ0n) is 15.6. The number of carbonyl (C=O) groups excluding carboxylic acids is 2. The van der Waals surface area contributed by atoms with E-state index in [0.29, 0.717) is 13.0 Å². The van der Waals surface area contributed by atoms with Gasteiger partial charge in [0.05, 0.1) is 6.26 Å². The SMILES string of the molecule is O=C(CCNC(=O)c1ccco1)NCC1(N2CCCCC2)CCCCC1. The second-order valence-corrected chi connectivity index (χ2v) is 7.59. The minimum absolute atomic E-state index is 0.00621. The first-order valence-electron chi connectivity index (χ1n) is 10.0. The molecule has 1 aromatic heterocycles. The van der Waals surface area contributed by atoms with Crippen molar-refractivity contribution in [3.8, 4) is 0 Å². The predicted molar refractivity (Wildman–Crippen MR) is 99.9 cm³/mol. The molecule has 3 rings (SSSR count). The molecule has 1 saturated carbocycles. The Balaban J connectivity index is 1.44. The van der Waals surface area contributed by atoms with E-state index in [1.54, 1.807) is 12.1 Å². The number of piperidine rings is 1. The van der Waals surface area contributed by atoms with Crippen LogP contribution in [0.25, 0.3) is 0 Å². The number of rotatable bonds is 7. The molecule has 2 aliphatic rings. The van der Waals surface area contributed by atoms with Gasteiger partial charge in [-0.2, -0.15) is 0 Å². The molecule has 0 radical (unpaired) electrons. The summed E-state index contributed by atoms with van der Waals surface area (Å²) in [5, 5.41) is 5.87. The van der Waals surface area contributed by atoms with E-state index in [2.05, 4.69) is 15.5 Å². The first-order valence-corrected chi connectivity index (χ1v) is 10.0. The van der Waals surface area contributed by atoms with Crippen molar-refractivity contribution in [1.82, 2.24) is 15.5 Å². The molecule has 144 valence electrons. The van der Waals surface area contributed by atoms with Crippen LogP contribution in [0.3, 0.4) is 0 Å². The topological polar surface area (TPSA) is 74.6 Å². The molecule has 0 spiro atoms. The van der Waals surface area contributed by atoms with Gasteiger partial charge < -0.3 is 15.1 Å². The Hall–Kier alpha value is -1.82. The van der Waals surface area contributed by atoms with Crippen molar-refractivity contribution in [3.05, 3.63) is 24.2 Å². The van der Waals surface area contributed by atoms with E-state index in [9.17, 15) is 9.59 Å². The molecule has 2 fully saturated rings. The van der Waals surface area contributed by atoms with Crippen molar-refractivity contribution < 1.29 is 14.0 Å². The maximum Gasteiger partial charge on any atom is 0.286 e. The second kappa shape index (κ2) is 9.21. The van der Waals surface area contributed by atoms with Crippen LogP contribution in [-0.4, -0.2) is 48.4 Å². The van der Waals surface area contributed by atoms with Crippen molar-refractivity contribution in [2.75, 3.05) is 26.2 Å². The molecule has 26 heavy (non-hydrogen) atoms. The van der Waals surface area contributed by atoms with E-state index in [4.69, 9.17) is 4.42 Å². The normalized spacial score (nSPS) is 20.5. The van der Waals surface area contributed by atoms with Crippen LogP contribution in [-0.2, 0) is 4.79 Å². The standard InChI is InChI=1S/C20H31N3O3/c24-18(9-12-21-19(25)17-8-7-15-26-17)22-16-20(10-3-1-4-11-20)23-13-5-2-6-14-23/h7-8,15H,1-6,9-14,16H2,(H,21,25)(H,22,24). The summed E-state index contributed by atoms with van der Waals surface area (Å²) < 4.78 is 5.04. The largest absolute Gasteiger partial charge is 0.459 e. The minimum Gasteiger partial charge on any atom is -0.459 e. The van der Waals surface area contributed by atoms with E-state index in [-0.39, 0.29) is 23.1 Å². The van der Waals surface area contributed by atoms with Crippen LogP contribution in [0.15, 0.2) is 22.8 Å². The molecule has 0 bridgehead atoms. The molecule has 6 heteroatoms. The number of furan rings is 1. The lowest BCUT2D eigenvalue weighted by Crippen LogP contribution is -2.58. The molecule has 0 unspecified atom stereocenters. The second-order valence-electron chi connectivity index (χ2n) is 7.59. The molecule has 1 saturated heterocycles.